The number of nitrogens with one attached hydrogen (secondary N) is 1. The van der Waals surface area contributed by atoms with Crippen LogP contribution in [-0.2, 0) is 22.7 Å². The number of H-pyrrole nitrogens is 1. The number of carbonyl (C=O) groups excluding carboxylic acids is 1. The average molecular weight is 417 g/mol. The number of hydrogen-bond donors (Lipinski definition) is 1. The minimum Gasteiger partial charge on any atom is -0.367 e. The molecular formula is C22H29ClN4O2. The molecule has 1 amide bonds. The molecule has 0 spiro atoms. The summed E-state index contributed by atoms with van der Waals surface area (Å²) in [6.45, 7) is 5.25. The van der Waals surface area contributed by atoms with Crippen LogP contribution >= 0.6 is 11.6 Å². The SMILES string of the molecule is O=C(COCc1ccccc1Cl)N1CCC[C@H](c2[nH]ncc2CN2CCCC2)C1. The Kier molecular flexibility index (Phi) is 6.85. The van der Waals surface area contributed by atoms with Gasteiger partial charge in [-0.25, -0.2) is 0 Å². The van der Waals surface area contributed by atoms with E-state index in [9.17, 15) is 4.79 Å². The van der Waals surface area contributed by atoms with Crippen molar-refractivity contribution < 1.29 is 9.53 Å². The fraction of sp³-hybridized carbons (Fsp3) is 0.545. The molecule has 4 rings (SSSR count). The zero-order chi connectivity index (χ0) is 20.1. The summed E-state index contributed by atoms with van der Waals surface area (Å²) in [5.74, 6) is 0.360. The molecule has 2 fully saturated rings. The number of carbonyl (C=O) groups is 1. The lowest BCUT2D eigenvalue weighted by Crippen LogP contribution is -2.41. The van der Waals surface area contributed by atoms with Crippen LogP contribution in [0.25, 0.3) is 0 Å². The Morgan fingerprint density at radius 1 is 1.17 bits per heavy atom. The summed E-state index contributed by atoms with van der Waals surface area (Å²) in [4.78, 5) is 17.1. The molecule has 1 N–H and O–H groups in total. The number of nitrogens with zero attached hydrogens (tertiary/aromatic N) is 3. The van der Waals surface area contributed by atoms with E-state index in [0.29, 0.717) is 17.5 Å². The predicted octanol–water partition coefficient (Wildman–Crippen LogP) is 3.58. The van der Waals surface area contributed by atoms with Crippen LogP contribution in [0.4, 0.5) is 0 Å². The third kappa shape index (κ3) is 5.18. The number of aromatic nitrogens is 2. The third-order valence-electron chi connectivity index (χ3n) is 5.97. The zero-order valence-electron chi connectivity index (χ0n) is 16.8. The molecule has 2 aliphatic heterocycles. The molecule has 0 unspecified atom stereocenters. The van der Waals surface area contributed by atoms with E-state index in [2.05, 4.69) is 15.1 Å². The second kappa shape index (κ2) is 9.74. The van der Waals surface area contributed by atoms with Gasteiger partial charge in [-0.2, -0.15) is 5.10 Å². The Labute approximate surface area is 177 Å². The standard InChI is InChI=1S/C22H29ClN4O2/c23-20-8-2-1-6-18(20)15-29-16-21(28)27-11-5-7-17(14-27)22-19(12-24-25-22)13-26-9-3-4-10-26/h1-2,6,8,12,17H,3-5,7,9-11,13-16H2,(H,24,25)/t17-/m0/s1. The van der Waals surface area contributed by atoms with Crippen molar-refractivity contribution in [1.29, 1.82) is 0 Å². The van der Waals surface area contributed by atoms with Gasteiger partial charge < -0.3 is 9.64 Å². The number of aromatic amines is 1. The molecule has 0 aliphatic carbocycles. The van der Waals surface area contributed by atoms with Gasteiger partial charge in [-0.05, 0) is 50.4 Å². The average Bonchev–Trinajstić information content (AvgIpc) is 3.42. The monoisotopic (exact) mass is 416 g/mol. The first kappa shape index (κ1) is 20.4. The number of piperidine rings is 1. The van der Waals surface area contributed by atoms with Gasteiger partial charge in [0.1, 0.15) is 6.61 Å². The Hall–Kier alpha value is -1.89. The van der Waals surface area contributed by atoms with Gasteiger partial charge in [-0.3, -0.25) is 14.8 Å². The molecule has 0 bridgehead atoms. The van der Waals surface area contributed by atoms with Crippen molar-refractivity contribution in [3.63, 3.8) is 0 Å². The van der Waals surface area contributed by atoms with Crippen LogP contribution in [0, 0.1) is 0 Å². The fourth-order valence-electron chi connectivity index (χ4n) is 4.38. The van der Waals surface area contributed by atoms with Crippen molar-refractivity contribution in [2.75, 3.05) is 32.8 Å². The number of halogens is 1. The highest BCUT2D eigenvalue weighted by Gasteiger charge is 2.28. The molecule has 29 heavy (non-hydrogen) atoms. The van der Waals surface area contributed by atoms with E-state index in [1.54, 1.807) is 0 Å². The molecule has 0 saturated carbocycles. The third-order valence-corrected chi connectivity index (χ3v) is 6.34. The highest BCUT2D eigenvalue weighted by molar-refractivity contribution is 6.31. The summed E-state index contributed by atoms with van der Waals surface area (Å²) in [5, 5.41) is 8.20. The predicted molar refractivity (Wildman–Crippen MR) is 113 cm³/mol. The maximum absolute atomic E-state index is 12.7. The summed E-state index contributed by atoms with van der Waals surface area (Å²) in [7, 11) is 0. The second-order valence-electron chi connectivity index (χ2n) is 8.06. The summed E-state index contributed by atoms with van der Waals surface area (Å²) in [5.41, 5.74) is 3.38. The van der Waals surface area contributed by atoms with Crippen molar-refractivity contribution in [1.82, 2.24) is 20.0 Å². The van der Waals surface area contributed by atoms with Gasteiger partial charge in [-0.15, -0.1) is 0 Å². The molecule has 2 aromatic rings. The van der Waals surface area contributed by atoms with E-state index < -0.39 is 0 Å². The van der Waals surface area contributed by atoms with Crippen molar-refractivity contribution in [3.8, 4) is 0 Å². The first-order valence-electron chi connectivity index (χ1n) is 10.5. The normalized spacial score (nSPS) is 20.3. The van der Waals surface area contributed by atoms with E-state index in [1.165, 1.54) is 37.2 Å². The Morgan fingerprint density at radius 2 is 2.00 bits per heavy atom. The van der Waals surface area contributed by atoms with E-state index in [-0.39, 0.29) is 12.5 Å². The van der Waals surface area contributed by atoms with Crippen LogP contribution in [0.15, 0.2) is 30.5 Å². The Balaban J connectivity index is 1.31. The van der Waals surface area contributed by atoms with Crippen LogP contribution in [0.5, 0.6) is 0 Å². The Morgan fingerprint density at radius 3 is 2.83 bits per heavy atom. The summed E-state index contributed by atoms with van der Waals surface area (Å²) >= 11 is 6.15. The molecule has 2 aliphatic rings. The lowest BCUT2D eigenvalue weighted by atomic mass is 9.92. The number of ether oxygens (including phenoxy) is 1. The van der Waals surface area contributed by atoms with Gasteiger partial charge in [0.2, 0.25) is 5.91 Å². The van der Waals surface area contributed by atoms with E-state index in [4.69, 9.17) is 16.3 Å². The lowest BCUT2D eigenvalue weighted by molar-refractivity contribution is -0.137. The van der Waals surface area contributed by atoms with Gasteiger partial charge in [0.05, 0.1) is 12.8 Å². The van der Waals surface area contributed by atoms with Gasteiger partial charge in [0.25, 0.3) is 0 Å². The van der Waals surface area contributed by atoms with Crippen molar-refractivity contribution in [3.05, 3.63) is 52.3 Å². The van der Waals surface area contributed by atoms with Crippen LogP contribution in [0.2, 0.25) is 5.02 Å². The quantitative estimate of drug-likeness (QED) is 0.749. The van der Waals surface area contributed by atoms with Gasteiger partial charge in [-0.1, -0.05) is 29.8 Å². The molecular weight excluding hydrogens is 388 g/mol. The molecule has 1 aromatic carbocycles. The van der Waals surface area contributed by atoms with Gasteiger partial charge in [0, 0.05) is 41.8 Å². The number of rotatable bonds is 7. The summed E-state index contributed by atoms with van der Waals surface area (Å²) in [6.07, 6.45) is 6.61. The van der Waals surface area contributed by atoms with Crippen LogP contribution in [0.3, 0.4) is 0 Å². The summed E-state index contributed by atoms with van der Waals surface area (Å²) in [6, 6.07) is 7.56. The van der Waals surface area contributed by atoms with Gasteiger partial charge >= 0.3 is 0 Å². The topological polar surface area (TPSA) is 61.5 Å². The minimum absolute atomic E-state index is 0.0439. The number of benzene rings is 1. The first-order chi connectivity index (χ1) is 14.2. The number of hydrogen-bond acceptors (Lipinski definition) is 4. The molecule has 1 aromatic heterocycles. The second-order valence-corrected chi connectivity index (χ2v) is 8.46. The van der Waals surface area contributed by atoms with E-state index in [0.717, 1.165) is 38.0 Å². The summed E-state index contributed by atoms with van der Waals surface area (Å²) < 4.78 is 5.65. The smallest absolute Gasteiger partial charge is 0.248 e. The number of amides is 1. The molecule has 1 atom stereocenters. The highest BCUT2D eigenvalue weighted by Crippen LogP contribution is 2.29. The molecule has 156 valence electrons. The van der Waals surface area contributed by atoms with Crippen LogP contribution < -0.4 is 0 Å². The van der Waals surface area contributed by atoms with Crippen LogP contribution in [-0.4, -0.2) is 58.7 Å². The highest BCUT2D eigenvalue weighted by atomic mass is 35.5. The molecule has 7 heteroatoms. The molecule has 6 nitrogen and oxygen atoms in total. The van der Waals surface area contributed by atoms with Gasteiger partial charge in [0.15, 0.2) is 0 Å². The van der Waals surface area contributed by atoms with Crippen molar-refractivity contribution >= 4 is 17.5 Å². The maximum Gasteiger partial charge on any atom is 0.248 e. The zero-order valence-corrected chi connectivity index (χ0v) is 17.5. The number of likely N-dealkylation sites (tertiary alicyclic amines) is 2. The van der Waals surface area contributed by atoms with Crippen molar-refractivity contribution in [2.24, 2.45) is 0 Å². The van der Waals surface area contributed by atoms with E-state index in [1.807, 2.05) is 35.4 Å². The van der Waals surface area contributed by atoms with Crippen molar-refractivity contribution in [2.45, 2.75) is 44.8 Å². The molecule has 0 radical (unpaired) electrons. The first-order valence-corrected chi connectivity index (χ1v) is 10.9. The Bertz CT molecular complexity index is 819. The minimum atomic E-state index is 0.0439. The maximum atomic E-state index is 12.7. The van der Waals surface area contributed by atoms with E-state index >= 15 is 0 Å². The molecule has 3 heterocycles. The largest absolute Gasteiger partial charge is 0.367 e. The van der Waals surface area contributed by atoms with Crippen LogP contribution in [0.1, 0.15) is 48.4 Å². The fourth-order valence-corrected chi connectivity index (χ4v) is 4.57. The molecule has 2 saturated heterocycles. The lowest BCUT2D eigenvalue weighted by Gasteiger charge is -2.33.